The third kappa shape index (κ3) is 7.08. The number of esters is 1. The van der Waals surface area contributed by atoms with Crippen molar-refractivity contribution in [3.05, 3.63) is 23.9 Å². The predicted octanol–water partition coefficient (Wildman–Crippen LogP) is 1.75. The van der Waals surface area contributed by atoms with E-state index in [1.165, 1.54) is 6.08 Å². The van der Waals surface area contributed by atoms with E-state index >= 15 is 0 Å². The van der Waals surface area contributed by atoms with Crippen molar-refractivity contribution in [2.75, 3.05) is 19.7 Å². The first kappa shape index (κ1) is 15.7. The molecule has 0 atom stereocenters. The quantitative estimate of drug-likeness (QED) is 0.389. The summed E-state index contributed by atoms with van der Waals surface area (Å²) < 4.78 is 4.96. The van der Waals surface area contributed by atoms with Crippen molar-refractivity contribution in [1.29, 1.82) is 10.5 Å². The Bertz CT molecular complexity index is 383. The lowest BCUT2D eigenvalue weighted by Crippen LogP contribution is -2.23. The van der Waals surface area contributed by atoms with E-state index in [1.54, 1.807) is 31.3 Å². The number of likely N-dealkylation sites (N-methyl/N-ethyl adjacent to an activating group) is 1. The Kier molecular flexibility index (Phi) is 8.67. The first-order valence-electron chi connectivity index (χ1n) is 5.76. The van der Waals surface area contributed by atoms with Gasteiger partial charge in [-0.25, -0.2) is 0 Å². The van der Waals surface area contributed by atoms with E-state index in [0.29, 0.717) is 19.6 Å². The number of rotatable bonds is 7. The number of hydrogen-bond donors (Lipinski definition) is 0. The minimum atomic E-state index is -0.217. The van der Waals surface area contributed by atoms with Crippen LogP contribution in [0.4, 0.5) is 0 Å². The van der Waals surface area contributed by atoms with Gasteiger partial charge in [0.05, 0.1) is 6.54 Å². The van der Waals surface area contributed by atoms with Gasteiger partial charge < -0.3 is 9.64 Å². The van der Waals surface area contributed by atoms with Crippen molar-refractivity contribution < 1.29 is 9.53 Å². The van der Waals surface area contributed by atoms with E-state index in [4.69, 9.17) is 15.3 Å². The van der Waals surface area contributed by atoms with Gasteiger partial charge in [0.25, 0.3) is 0 Å². The zero-order chi connectivity index (χ0) is 13.8. The summed E-state index contributed by atoms with van der Waals surface area (Å²) in [5, 5.41) is 17.1. The fraction of sp³-hybridized carbons (Fsp3) is 0.462. The molecule has 0 saturated carbocycles. The van der Waals surface area contributed by atoms with Crippen LogP contribution in [-0.4, -0.2) is 30.6 Å². The van der Waals surface area contributed by atoms with E-state index in [1.807, 2.05) is 11.8 Å². The monoisotopic (exact) mass is 247 g/mol. The largest absolute Gasteiger partial charge is 0.464 e. The van der Waals surface area contributed by atoms with Gasteiger partial charge in [-0.3, -0.25) is 4.79 Å². The normalized spacial score (nSPS) is 9.33. The molecule has 0 heterocycles. The summed E-state index contributed by atoms with van der Waals surface area (Å²) in [6.07, 6.45) is 5.21. The number of nitriles is 2. The highest BCUT2D eigenvalue weighted by Gasteiger charge is 2.00. The smallest absolute Gasteiger partial charge is 0.305 e. The van der Waals surface area contributed by atoms with E-state index < -0.39 is 0 Å². The Morgan fingerprint density at radius 3 is 2.50 bits per heavy atom. The van der Waals surface area contributed by atoms with Gasteiger partial charge in [0.15, 0.2) is 0 Å². The molecule has 0 fully saturated rings. The molecule has 96 valence electrons. The second-order valence-corrected chi connectivity index (χ2v) is 3.35. The Morgan fingerprint density at radius 2 is 2.00 bits per heavy atom. The fourth-order valence-electron chi connectivity index (χ4n) is 1.08. The Hall–Kier alpha value is -2.27. The van der Waals surface area contributed by atoms with Crippen molar-refractivity contribution >= 4 is 5.97 Å². The van der Waals surface area contributed by atoms with E-state index in [2.05, 4.69) is 0 Å². The molecule has 5 heteroatoms. The summed E-state index contributed by atoms with van der Waals surface area (Å²) >= 11 is 0. The average Bonchev–Trinajstić information content (AvgIpc) is 2.41. The molecule has 18 heavy (non-hydrogen) atoms. The third-order valence-corrected chi connectivity index (χ3v) is 2.14. The van der Waals surface area contributed by atoms with Gasteiger partial charge in [0.1, 0.15) is 24.3 Å². The van der Waals surface area contributed by atoms with Crippen molar-refractivity contribution in [3.8, 4) is 12.1 Å². The molecule has 0 aliphatic heterocycles. The summed E-state index contributed by atoms with van der Waals surface area (Å²) in [6.45, 7) is 5.38. The highest BCUT2D eigenvalue weighted by atomic mass is 16.5. The number of carbonyl (C=O) groups excluding carboxylic acids is 1. The fourth-order valence-corrected chi connectivity index (χ4v) is 1.08. The van der Waals surface area contributed by atoms with Gasteiger partial charge in [-0.1, -0.05) is 6.92 Å². The molecule has 0 aromatic heterocycles. The lowest BCUT2D eigenvalue weighted by Gasteiger charge is -2.17. The van der Waals surface area contributed by atoms with Gasteiger partial charge in [-0.05, 0) is 25.3 Å². The van der Waals surface area contributed by atoms with Gasteiger partial charge in [0.2, 0.25) is 0 Å². The molecule has 0 bridgehead atoms. The molecule has 0 rings (SSSR count). The molecule has 0 aliphatic carbocycles. The zero-order valence-electron chi connectivity index (χ0n) is 10.7. The van der Waals surface area contributed by atoms with Crippen LogP contribution in [0, 0.1) is 22.7 Å². The Labute approximate surface area is 108 Å². The van der Waals surface area contributed by atoms with Crippen LogP contribution in [0.15, 0.2) is 23.9 Å². The minimum Gasteiger partial charge on any atom is -0.464 e. The summed E-state index contributed by atoms with van der Waals surface area (Å²) in [7, 11) is 0. The lowest BCUT2D eigenvalue weighted by molar-refractivity contribution is -0.143. The average molecular weight is 247 g/mol. The van der Waals surface area contributed by atoms with E-state index in [0.717, 1.165) is 6.54 Å². The standard InChI is InChI=1S/C13H17N3O2/c1-3-13(17)18-9-8-16(4-2)7-5-6-12(10-14)11-15/h5-7H,3-4,8-9H2,1-2H3. The Balaban J connectivity index is 4.17. The highest BCUT2D eigenvalue weighted by Crippen LogP contribution is 1.95. The molecule has 0 amide bonds. The molecular weight excluding hydrogens is 230 g/mol. The van der Waals surface area contributed by atoms with E-state index in [9.17, 15) is 4.79 Å². The van der Waals surface area contributed by atoms with Crippen molar-refractivity contribution in [1.82, 2.24) is 4.90 Å². The molecule has 0 radical (unpaired) electrons. The molecule has 0 aromatic carbocycles. The van der Waals surface area contributed by atoms with Crippen molar-refractivity contribution in [3.63, 3.8) is 0 Å². The first-order chi connectivity index (χ1) is 8.67. The maximum atomic E-state index is 10.9. The number of allylic oxidation sites excluding steroid dienone is 3. The molecular formula is C13H17N3O2. The minimum absolute atomic E-state index is 0.0553. The van der Waals surface area contributed by atoms with Crippen LogP contribution in [0.1, 0.15) is 20.3 Å². The first-order valence-corrected chi connectivity index (χ1v) is 5.76. The molecule has 0 aliphatic rings. The van der Waals surface area contributed by atoms with Crippen LogP contribution in [0.3, 0.4) is 0 Å². The van der Waals surface area contributed by atoms with Gasteiger partial charge in [-0.15, -0.1) is 0 Å². The maximum absolute atomic E-state index is 10.9. The molecule has 0 saturated heterocycles. The van der Waals surface area contributed by atoms with Crippen LogP contribution in [0.25, 0.3) is 0 Å². The molecule has 0 N–H and O–H groups in total. The summed E-state index contributed by atoms with van der Waals surface area (Å²) in [5.74, 6) is -0.217. The molecule has 0 spiro atoms. The van der Waals surface area contributed by atoms with Gasteiger partial charge in [0, 0.05) is 13.0 Å². The maximum Gasteiger partial charge on any atom is 0.305 e. The summed E-state index contributed by atoms with van der Waals surface area (Å²) in [4.78, 5) is 12.8. The molecule has 5 nitrogen and oxygen atoms in total. The van der Waals surface area contributed by atoms with Crippen LogP contribution < -0.4 is 0 Å². The molecule has 0 unspecified atom stereocenters. The third-order valence-electron chi connectivity index (χ3n) is 2.14. The number of hydrogen-bond acceptors (Lipinski definition) is 5. The van der Waals surface area contributed by atoms with Crippen LogP contribution in [-0.2, 0) is 9.53 Å². The van der Waals surface area contributed by atoms with Crippen LogP contribution in [0.5, 0.6) is 0 Å². The lowest BCUT2D eigenvalue weighted by atomic mass is 10.3. The highest BCUT2D eigenvalue weighted by molar-refractivity contribution is 5.68. The van der Waals surface area contributed by atoms with Crippen molar-refractivity contribution in [2.24, 2.45) is 0 Å². The van der Waals surface area contributed by atoms with Gasteiger partial charge in [-0.2, -0.15) is 10.5 Å². The summed E-state index contributed by atoms with van der Waals surface area (Å²) in [6, 6.07) is 3.54. The number of nitrogens with zero attached hydrogens (tertiary/aromatic N) is 3. The zero-order valence-corrected chi connectivity index (χ0v) is 10.7. The second-order valence-electron chi connectivity index (χ2n) is 3.35. The number of ether oxygens (including phenoxy) is 1. The van der Waals surface area contributed by atoms with Gasteiger partial charge >= 0.3 is 5.97 Å². The van der Waals surface area contributed by atoms with Crippen molar-refractivity contribution in [2.45, 2.75) is 20.3 Å². The number of carbonyl (C=O) groups is 1. The second kappa shape index (κ2) is 9.92. The van der Waals surface area contributed by atoms with E-state index in [-0.39, 0.29) is 11.5 Å². The SMILES string of the molecule is CCC(=O)OCCN(C=CC=C(C#N)C#N)CC. The van der Waals surface area contributed by atoms with Crippen LogP contribution >= 0.6 is 0 Å². The topological polar surface area (TPSA) is 77.1 Å². The predicted molar refractivity (Wildman–Crippen MR) is 66.9 cm³/mol. The molecule has 0 aromatic rings. The summed E-state index contributed by atoms with van der Waals surface area (Å²) in [5.41, 5.74) is 0.0553. The Morgan fingerprint density at radius 1 is 1.33 bits per heavy atom. The van der Waals surface area contributed by atoms with Crippen LogP contribution in [0.2, 0.25) is 0 Å².